The van der Waals surface area contributed by atoms with Gasteiger partial charge >= 0.3 is 0 Å². The molecule has 3 heteroatoms. The lowest BCUT2D eigenvalue weighted by Crippen LogP contribution is -2.23. The summed E-state index contributed by atoms with van der Waals surface area (Å²) in [6, 6.07) is 4.15. The van der Waals surface area contributed by atoms with Crippen molar-refractivity contribution in [1.82, 2.24) is 4.98 Å². The van der Waals surface area contributed by atoms with Crippen molar-refractivity contribution in [3.63, 3.8) is 0 Å². The third-order valence-electron chi connectivity index (χ3n) is 2.33. The Kier molecular flexibility index (Phi) is 4.40. The Morgan fingerprint density at radius 1 is 1.36 bits per heavy atom. The van der Waals surface area contributed by atoms with Crippen LogP contribution in [0, 0.1) is 0 Å². The number of pyridine rings is 1. The molecule has 0 saturated heterocycles. The highest BCUT2D eigenvalue weighted by Crippen LogP contribution is 2.12. The Bertz CT molecular complexity index is 269. The van der Waals surface area contributed by atoms with Gasteiger partial charge in [-0.2, -0.15) is 0 Å². The molecule has 0 bridgehead atoms. The second-order valence-electron chi connectivity index (χ2n) is 3.23. The lowest BCUT2D eigenvalue weighted by molar-refractivity contribution is 0.841. The van der Waals surface area contributed by atoms with E-state index in [1.807, 2.05) is 12.3 Å². The molecule has 0 aromatic carbocycles. The molecule has 0 atom stereocenters. The van der Waals surface area contributed by atoms with E-state index in [1.54, 1.807) is 0 Å². The molecule has 78 valence electrons. The van der Waals surface area contributed by atoms with Crippen molar-refractivity contribution < 1.29 is 0 Å². The van der Waals surface area contributed by atoms with Crippen LogP contribution >= 0.6 is 0 Å². The maximum Gasteiger partial charge on any atom is 0.128 e. The van der Waals surface area contributed by atoms with Gasteiger partial charge in [-0.3, -0.25) is 0 Å². The molecule has 0 aliphatic heterocycles. The van der Waals surface area contributed by atoms with Crippen molar-refractivity contribution in [3.8, 4) is 0 Å². The first kappa shape index (κ1) is 11.0. The average molecular weight is 193 g/mol. The highest BCUT2D eigenvalue weighted by atomic mass is 15.2. The van der Waals surface area contributed by atoms with E-state index in [4.69, 9.17) is 5.73 Å². The molecule has 0 aliphatic carbocycles. The predicted molar refractivity (Wildman–Crippen MR) is 60.6 cm³/mol. The van der Waals surface area contributed by atoms with Crippen molar-refractivity contribution in [2.75, 3.05) is 24.5 Å². The molecule has 0 saturated carbocycles. The van der Waals surface area contributed by atoms with E-state index in [-0.39, 0.29) is 0 Å². The second kappa shape index (κ2) is 5.60. The molecule has 1 heterocycles. The van der Waals surface area contributed by atoms with Crippen LogP contribution in [0.25, 0.3) is 0 Å². The van der Waals surface area contributed by atoms with Gasteiger partial charge in [-0.1, -0.05) is 0 Å². The largest absolute Gasteiger partial charge is 0.357 e. The van der Waals surface area contributed by atoms with E-state index in [0.29, 0.717) is 6.54 Å². The summed E-state index contributed by atoms with van der Waals surface area (Å²) >= 11 is 0. The highest BCUT2D eigenvalue weighted by Gasteiger charge is 2.03. The number of anilines is 1. The van der Waals surface area contributed by atoms with Crippen LogP contribution in [0.5, 0.6) is 0 Å². The molecule has 0 amide bonds. The van der Waals surface area contributed by atoms with Crippen LogP contribution in [-0.2, 0) is 6.42 Å². The molecule has 0 spiro atoms. The Balaban J connectivity index is 2.81. The van der Waals surface area contributed by atoms with Gasteiger partial charge in [0.25, 0.3) is 0 Å². The summed E-state index contributed by atoms with van der Waals surface area (Å²) in [6.45, 7) is 6.97. The third kappa shape index (κ3) is 2.70. The van der Waals surface area contributed by atoms with E-state index in [2.05, 4.69) is 29.8 Å². The number of nitrogens with two attached hydrogens (primary N) is 1. The summed E-state index contributed by atoms with van der Waals surface area (Å²) < 4.78 is 0. The van der Waals surface area contributed by atoms with Crippen molar-refractivity contribution in [1.29, 1.82) is 0 Å². The Morgan fingerprint density at radius 3 is 2.64 bits per heavy atom. The van der Waals surface area contributed by atoms with Crippen LogP contribution in [0.4, 0.5) is 5.82 Å². The van der Waals surface area contributed by atoms with E-state index >= 15 is 0 Å². The lowest BCUT2D eigenvalue weighted by Gasteiger charge is -2.20. The zero-order chi connectivity index (χ0) is 10.4. The molecule has 0 radical (unpaired) electrons. The van der Waals surface area contributed by atoms with E-state index in [1.165, 1.54) is 5.56 Å². The van der Waals surface area contributed by atoms with Crippen LogP contribution in [0.15, 0.2) is 18.3 Å². The van der Waals surface area contributed by atoms with Crippen LogP contribution in [0.3, 0.4) is 0 Å². The SMILES string of the molecule is CCN(CC)c1cc(CCN)ccn1. The Morgan fingerprint density at radius 2 is 2.07 bits per heavy atom. The standard InChI is InChI=1S/C11H19N3/c1-3-14(4-2)11-9-10(5-7-12)6-8-13-11/h6,8-9H,3-5,7,12H2,1-2H3. The topological polar surface area (TPSA) is 42.1 Å². The smallest absolute Gasteiger partial charge is 0.128 e. The molecule has 1 aromatic heterocycles. The van der Waals surface area contributed by atoms with Gasteiger partial charge < -0.3 is 10.6 Å². The fraction of sp³-hybridized carbons (Fsp3) is 0.545. The monoisotopic (exact) mass is 193 g/mol. The minimum absolute atomic E-state index is 0.696. The summed E-state index contributed by atoms with van der Waals surface area (Å²) in [5, 5.41) is 0. The number of rotatable bonds is 5. The molecule has 0 fully saturated rings. The average Bonchev–Trinajstić information content (AvgIpc) is 2.21. The molecule has 3 nitrogen and oxygen atoms in total. The molecular weight excluding hydrogens is 174 g/mol. The van der Waals surface area contributed by atoms with Gasteiger partial charge in [-0.15, -0.1) is 0 Å². The molecule has 0 unspecified atom stereocenters. The molecular formula is C11H19N3. The molecule has 1 rings (SSSR count). The van der Waals surface area contributed by atoms with Crippen molar-refractivity contribution in [3.05, 3.63) is 23.9 Å². The van der Waals surface area contributed by atoms with Crippen LogP contribution in [-0.4, -0.2) is 24.6 Å². The zero-order valence-corrected chi connectivity index (χ0v) is 9.03. The first-order chi connectivity index (χ1) is 6.81. The minimum Gasteiger partial charge on any atom is -0.357 e. The van der Waals surface area contributed by atoms with Gasteiger partial charge in [0, 0.05) is 19.3 Å². The molecule has 2 N–H and O–H groups in total. The quantitative estimate of drug-likeness (QED) is 0.769. The highest BCUT2D eigenvalue weighted by molar-refractivity contribution is 5.40. The summed E-state index contributed by atoms with van der Waals surface area (Å²) in [7, 11) is 0. The number of aromatic nitrogens is 1. The van der Waals surface area contributed by atoms with Gasteiger partial charge in [0.15, 0.2) is 0 Å². The van der Waals surface area contributed by atoms with Crippen LogP contribution < -0.4 is 10.6 Å². The van der Waals surface area contributed by atoms with Crippen molar-refractivity contribution in [2.24, 2.45) is 5.73 Å². The minimum atomic E-state index is 0.696. The lowest BCUT2D eigenvalue weighted by atomic mass is 10.2. The number of hydrogen-bond donors (Lipinski definition) is 1. The zero-order valence-electron chi connectivity index (χ0n) is 9.03. The van der Waals surface area contributed by atoms with E-state index < -0.39 is 0 Å². The fourth-order valence-electron chi connectivity index (χ4n) is 1.50. The van der Waals surface area contributed by atoms with Gasteiger partial charge in [0.2, 0.25) is 0 Å². The second-order valence-corrected chi connectivity index (χ2v) is 3.23. The van der Waals surface area contributed by atoms with Crippen LogP contribution in [0.2, 0.25) is 0 Å². The Hall–Kier alpha value is -1.09. The summed E-state index contributed by atoms with van der Waals surface area (Å²) in [6.07, 6.45) is 2.79. The first-order valence-electron chi connectivity index (χ1n) is 5.21. The molecule has 0 aliphatic rings. The summed E-state index contributed by atoms with van der Waals surface area (Å²) in [5.41, 5.74) is 6.79. The maximum absolute atomic E-state index is 5.52. The Labute approximate surface area is 85.9 Å². The van der Waals surface area contributed by atoms with Crippen LogP contribution in [0.1, 0.15) is 19.4 Å². The number of nitrogens with zero attached hydrogens (tertiary/aromatic N) is 2. The fourth-order valence-corrected chi connectivity index (χ4v) is 1.50. The van der Waals surface area contributed by atoms with E-state index in [9.17, 15) is 0 Å². The van der Waals surface area contributed by atoms with Gasteiger partial charge in [0.1, 0.15) is 5.82 Å². The molecule has 14 heavy (non-hydrogen) atoms. The summed E-state index contributed by atoms with van der Waals surface area (Å²) in [5.74, 6) is 1.06. The van der Waals surface area contributed by atoms with Gasteiger partial charge in [-0.25, -0.2) is 4.98 Å². The predicted octanol–water partition coefficient (Wildman–Crippen LogP) is 1.43. The normalized spacial score (nSPS) is 10.2. The number of hydrogen-bond acceptors (Lipinski definition) is 3. The maximum atomic E-state index is 5.52. The van der Waals surface area contributed by atoms with E-state index in [0.717, 1.165) is 25.3 Å². The third-order valence-corrected chi connectivity index (χ3v) is 2.33. The van der Waals surface area contributed by atoms with Gasteiger partial charge in [-0.05, 0) is 44.5 Å². The first-order valence-corrected chi connectivity index (χ1v) is 5.21. The summed E-state index contributed by atoms with van der Waals surface area (Å²) in [4.78, 5) is 6.58. The van der Waals surface area contributed by atoms with Gasteiger partial charge in [0.05, 0.1) is 0 Å². The van der Waals surface area contributed by atoms with Crippen molar-refractivity contribution >= 4 is 5.82 Å². The van der Waals surface area contributed by atoms with Crippen molar-refractivity contribution in [2.45, 2.75) is 20.3 Å². The molecule has 1 aromatic rings.